The van der Waals surface area contributed by atoms with Crippen molar-refractivity contribution in [2.45, 2.75) is 19.3 Å². The van der Waals surface area contributed by atoms with E-state index in [2.05, 4.69) is 24.0 Å². The zero-order valence-electron chi connectivity index (χ0n) is 12.5. The van der Waals surface area contributed by atoms with E-state index in [9.17, 15) is 4.79 Å². The highest BCUT2D eigenvalue weighted by Gasteiger charge is 2.29. The number of para-hydroxylation sites is 2. The topological polar surface area (TPSA) is 36.1 Å². The summed E-state index contributed by atoms with van der Waals surface area (Å²) in [5.74, 6) is 0.574. The van der Waals surface area contributed by atoms with Crippen LogP contribution in [0.1, 0.15) is 24.0 Å². The number of anilines is 1. The van der Waals surface area contributed by atoms with Crippen molar-refractivity contribution in [2.75, 3.05) is 11.4 Å². The molecule has 1 N–H and O–H groups in total. The predicted molar refractivity (Wildman–Crippen MR) is 89.2 cm³/mol. The minimum Gasteiger partial charge on any atom is -0.361 e. The third-order valence-electron chi connectivity index (χ3n) is 4.53. The summed E-state index contributed by atoms with van der Waals surface area (Å²) in [5.41, 5.74) is 4.49. The molecule has 2 heterocycles. The second-order valence-electron chi connectivity index (χ2n) is 6.00. The first-order chi connectivity index (χ1) is 10.7. The lowest BCUT2D eigenvalue weighted by molar-refractivity contribution is -0.117. The number of aromatic amines is 1. The molecule has 1 unspecified atom stereocenters. The predicted octanol–water partition coefficient (Wildman–Crippen LogP) is 3.86. The molecule has 0 fully saturated rings. The average Bonchev–Trinajstić information content (AvgIpc) is 3.10. The average molecular weight is 290 g/mol. The number of nitrogens with zero attached hydrogens (tertiary/aromatic N) is 1. The third kappa shape index (κ3) is 2.01. The zero-order chi connectivity index (χ0) is 15.1. The zero-order valence-corrected chi connectivity index (χ0v) is 12.5. The lowest BCUT2D eigenvalue weighted by Crippen LogP contribution is -2.30. The van der Waals surface area contributed by atoms with Crippen LogP contribution in [0.3, 0.4) is 0 Å². The molecule has 3 heteroatoms. The van der Waals surface area contributed by atoms with Gasteiger partial charge in [-0.15, -0.1) is 0 Å². The Bertz CT molecular complexity index is 849. The summed E-state index contributed by atoms with van der Waals surface area (Å²) in [6.45, 7) is 2.96. The van der Waals surface area contributed by atoms with Gasteiger partial charge in [0, 0.05) is 35.2 Å². The van der Waals surface area contributed by atoms with Gasteiger partial charge in [-0.2, -0.15) is 0 Å². The van der Waals surface area contributed by atoms with Crippen molar-refractivity contribution in [1.82, 2.24) is 4.98 Å². The Hall–Kier alpha value is -2.55. The standard InChI is InChI=1S/C19H18N2O/c1-13-12-21(18-9-5-3-6-15(13)18)19(22)10-14-11-20-17-8-4-2-7-16(14)17/h2-9,11,13,20H,10,12H2,1H3. The minimum atomic E-state index is 0.168. The van der Waals surface area contributed by atoms with Gasteiger partial charge in [0.05, 0.1) is 6.42 Å². The number of H-pyrrole nitrogens is 1. The van der Waals surface area contributed by atoms with Crippen LogP contribution in [-0.4, -0.2) is 17.4 Å². The van der Waals surface area contributed by atoms with E-state index in [1.165, 1.54) is 5.56 Å². The maximum atomic E-state index is 12.8. The summed E-state index contributed by atoms with van der Waals surface area (Å²) < 4.78 is 0. The Morgan fingerprint density at radius 1 is 1.18 bits per heavy atom. The molecule has 1 aliphatic heterocycles. The Kier molecular flexibility index (Phi) is 3.00. The van der Waals surface area contributed by atoms with Crippen LogP contribution in [-0.2, 0) is 11.2 Å². The number of aromatic nitrogens is 1. The molecule has 0 saturated carbocycles. The fourth-order valence-electron chi connectivity index (χ4n) is 3.39. The van der Waals surface area contributed by atoms with Gasteiger partial charge in [0.2, 0.25) is 5.91 Å². The van der Waals surface area contributed by atoms with Crippen molar-refractivity contribution < 1.29 is 4.79 Å². The second kappa shape index (κ2) is 5.02. The van der Waals surface area contributed by atoms with Gasteiger partial charge in [-0.05, 0) is 23.3 Å². The molecule has 0 radical (unpaired) electrons. The molecule has 3 aromatic rings. The normalized spacial score (nSPS) is 17.0. The Balaban J connectivity index is 1.64. The molecule has 1 aliphatic rings. The number of nitrogens with one attached hydrogen (secondary N) is 1. The highest BCUT2D eigenvalue weighted by molar-refractivity contribution is 5.99. The number of fused-ring (bicyclic) bond motifs is 2. The van der Waals surface area contributed by atoms with E-state index in [-0.39, 0.29) is 5.91 Å². The molecule has 1 aromatic heterocycles. The van der Waals surface area contributed by atoms with Crippen LogP contribution in [0.2, 0.25) is 0 Å². The van der Waals surface area contributed by atoms with Crippen LogP contribution in [0.4, 0.5) is 5.69 Å². The van der Waals surface area contributed by atoms with Crippen LogP contribution in [0.15, 0.2) is 54.7 Å². The lowest BCUT2D eigenvalue weighted by Gasteiger charge is -2.17. The molecular weight excluding hydrogens is 272 g/mol. The highest BCUT2D eigenvalue weighted by Crippen LogP contribution is 2.36. The maximum Gasteiger partial charge on any atom is 0.231 e. The van der Waals surface area contributed by atoms with E-state index in [1.807, 2.05) is 47.5 Å². The number of carbonyl (C=O) groups is 1. The molecule has 22 heavy (non-hydrogen) atoms. The fourth-order valence-corrected chi connectivity index (χ4v) is 3.39. The van der Waals surface area contributed by atoms with E-state index in [0.717, 1.165) is 28.7 Å². The number of benzene rings is 2. The van der Waals surface area contributed by atoms with Crippen molar-refractivity contribution >= 4 is 22.5 Å². The van der Waals surface area contributed by atoms with Crippen LogP contribution < -0.4 is 4.90 Å². The maximum absolute atomic E-state index is 12.8. The minimum absolute atomic E-state index is 0.168. The summed E-state index contributed by atoms with van der Waals surface area (Å²) >= 11 is 0. The van der Waals surface area contributed by atoms with Crippen molar-refractivity contribution in [1.29, 1.82) is 0 Å². The van der Waals surface area contributed by atoms with Crippen molar-refractivity contribution in [3.63, 3.8) is 0 Å². The summed E-state index contributed by atoms with van der Waals surface area (Å²) in [6, 6.07) is 16.3. The Labute approximate surface area is 129 Å². The van der Waals surface area contributed by atoms with Crippen LogP contribution in [0, 0.1) is 0 Å². The fraction of sp³-hybridized carbons (Fsp3) is 0.211. The highest BCUT2D eigenvalue weighted by atomic mass is 16.2. The summed E-state index contributed by atoms with van der Waals surface area (Å²) in [7, 11) is 0. The largest absolute Gasteiger partial charge is 0.361 e. The van der Waals surface area contributed by atoms with E-state index in [4.69, 9.17) is 0 Å². The lowest BCUT2D eigenvalue weighted by atomic mass is 10.0. The number of rotatable bonds is 2. The smallest absolute Gasteiger partial charge is 0.231 e. The first-order valence-corrected chi connectivity index (χ1v) is 7.68. The molecule has 2 aromatic carbocycles. The van der Waals surface area contributed by atoms with Gasteiger partial charge in [-0.1, -0.05) is 43.3 Å². The second-order valence-corrected chi connectivity index (χ2v) is 6.00. The number of hydrogen-bond acceptors (Lipinski definition) is 1. The van der Waals surface area contributed by atoms with Crippen molar-refractivity contribution in [2.24, 2.45) is 0 Å². The molecule has 0 bridgehead atoms. The van der Waals surface area contributed by atoms with E-state index in [0.29, 0.717) is 12.3 Å². The van der Waals surface area contributed by atoms with E-state index >= 15 is 0 Å². The Morgan fingerprint density at radius 3 is 2.86 bits per heavy atom. The monoisotopic (exact) mass is 290 g/mol. The summed E-state index contributed by atoms with van der Waals surface area (Å²) in [4.78, 5) is 18.0. The molecule has 0 spiro atoms. The quantitative estimate of drug-likeness (QED) is 0.764. The van der Waals surface area contributed by atoms with E-state index < -0.39 is 0 Å². The Morgan fingerprint density at radius 2 is 1.95 bits per heavy atom. The number of carbonyl (C=O) groups excluding carboxylic acids is 1. The van der Waals surface area contributed by atoms with Gasteiger partial charge in [-0.3, -0.25) is 4.79 Å². The van der Waals surface area contributed by atoms with Gasteiger partial charge in [0.1, 0.15) is 0 Å². The molecule has 110 valence electrons. The van der Waals surface area contributed by atoms with Gasteiger partial charge < -0.3 is 9.88 Å². The van der Waals surface area contributed by atoms with E-state index in [1.54, 1.807) is 0 Å². The van der Waals surface area contributed by atoms with Gasteiger partial charge in [0.15, 0.2) is 0 Å². The van der Waals surface area contributed by atoms with Gasteiger partial charge >= 0.3 is 0 Å². The number of amides is 1. The first-order valence-electron chi connectivity index (χ1n) is 7.68. The third-order valence-corrected chi connectivity index (χ3v) is 4.53. The molecule has 1 atom stereocenters. The molecule has 0 aliphatic carbocycles. The molecule has 3 nitrogen and oxygen atoms in total. The van der Waals surface area contributed by atoms with Gasteiger partial charge in [0.25, 0.3) is 0 Å². The number of hydrogen-bond donors (Lipinski definition) is 1. The summed E-state index contributed by atoms with van der Waals surface area (Å²) in [5, 5.41) is 1.14. The van der Waals surface area contributed by atoms with Crippen LogP contribution in [0.5, 0.6) is 0 Å². The SMILES string of the molecule is CC1CN(C(=O)Cc2c[nH]c3ccccc23)c2ccccc21. The van der Waals surface area contributed by atoms with Crippen molar-refractivity contribution in [3.8, 4) is 0 Å². The molecule has 0 saturated heterocycles. The van der Waals surface area contributed by atoms with Crippen LogP contribution in [0.25, 0.3) is 10.9 Å². The van der Waals surface area contributed by atoms with Crippen LogP contribution >= 0.6 is 0 Å². The molecule has 1 amide bonds. The first kappa shape index (κ1) is 13.1. The van der Waals surface area contributed by atoms with Crippen molar-refractivity contribution in [3.05, 3.63) is 65.9 Å². The molecular formula is C19H18N2O. The van der Waals surface area contributed by atoms with Gasteiger partial charge in [-0.25, -0.2) is 0 Å². The molecule has 4 rings (SSSR count). The summed E-state index contributed by atoms with van der Waals surface area (Å²) in [6.07, 6.45) is 2.39.